The SMILES string of the molecule is CCN(CC(=O)Nc1ccc(N2CCOCC2)cc1)CC(=O)NC(C)c1ccccc1Cl. The molecular formula is C24H31ClN4O3. The number of nitrogens with zero attached hydrogens (tertiary/aromatic N) is 2. The lowest BCUT2D eigenvalue weighted by molar-refractivity contribution is -0.123. The highest BCUT2D eigenvalue weighted by Crippen LogP contribution is 2.22. The summed E-state index contributed by atoms with van der Waals surface area (Å²) < 4.78 is 5.38. The van der Waals surface area contributed by atoms with Crippen molar-refractivity contribution in [2.75, 3.05) is 56.2 Å². The van der Waals surface area contributed by atoms with Gasteiger partial charge in [-0.25, -0.2) is 0 Å². The Morgan fingerprint density at radius 3 is 2.38 bits per heavy atom. The van der Waals surface area contributed by atoms with Gasteiger partial charge in [-0.3, -0.25) is 14.5 Å². The molecule has 0 aliphatic carbocycles. The summed E-state index contributed by atoms with van der Waals surface area (Å²) >= 11 is 6.21. The predicted molar refractivity (Wildman–Crippen MR) is 128 cm³/mol. The molecule has 1 fully saturated rings. The molecule has 32 heavy (non-hydrogen) atoms. The fraction of sp³-hybridized carbons (Fsp3) is 0.417. The van der Waals surface area contributed by atoms with Crippen molar-refractivity contribution in [3.8, 4) is 0 Å². The minimum Gasteiger partial charge on any atom is -0.378 e. The van der Waals surface area contributed by atoms with Gasteiger partial charge in [-0.2, -0.15) is 0 Å². The second-order valence-electron chi connectivity index (χ2n) is 7.81. The van der Waals surface area contributed by atoms with Gasteiger partial charge in [-0.15, -0.1) is 0 Å². The van der Waals surface area contributed by atoms with Crippen molar-refractivity contribution in [2.24, 2.45) is 0 Å². The predicted octanol–water partition coefficient (Wildman–Crippen LogP) is 3.31. The molecule has 0 saturated carbocycles. The number of rotatable bonds is 9. The van der Waals surface area contributed by atoms with Crippen molar-refractivity contribution in [3.63, 3.8) is 0 Å². The van der Waals surface area contributed by atoms with Gasteiger partial charge >= 0.3 is 0 Å². The third-order valence-electron chi connectivity index (χ3n) is 5.46. The van der Waals surface area contributed by atoms with Crippen LogP contribution in [0.1, 0.15) is 25.5 Å². The summed E-state index contributed by atoms with van der Waals surface area (Å²) in [5, 5.41) is 6.48. The van der Waals surface area contributed by atoms with Crippen LogP contribution in [0.2, 0.25) is 5.02 Å². The smallest absolute Gasteiger partial charge is 0.238 e. The van der Waals surface area contributed by atoms with Crippen molar-refractivity contribution in [1.29, 1.82) is 0 Å². The van der Waals surface area contributed by atoms with E-state index < -0.39 is 0 Å². The average molecular weight is 459 g/mol. The summed E-state index contributed by atoms with van der Waals surface area (Å²) in [5.41, 5.74) is 2.72. The maximum absolute atomic E-state index is 12.5. The monoisotopic (exact) mass is 458 g/mol. The summed E-state index contributed by atoms with van der Waals surface area (Å²) in [4.78, 5) is 29.1. The molecule has 1 aliphatic rings. The van der Waals surface area contributed by atoms with E-state index in [1.165, 1.54) is 0 Å². The number of likely N-dealkylation sites (N-methyl/N-ethyl adjacent to an activating group) is 1. The Hall–Kier alpha value is -2.61. The topological polar surface area (TPSA) is 73.9 Å². The van der Waals surface area contributed by atoms with Gasteiger partial charge in [0.1, 0.15) is 0 Å². The highest BCUT2D eigenvalue weighted by atomic mass is 35.5. The Bertz CT molecular complexity index is 900. The highest BCUT2D eigenvalue weighted by Gasteiger charge is 2.17. The molecule has 7 nitrogen and oxygen atoms in total. The van der Waals surface area contributed by atoms with Crippen molar-refractivity contribution >= 4 is 34.8 Å². The zero-order chi connectivity index (χ0) is 22.9. The van der Waals surface area contributed by atoms with Crippen LogP contribution in [0.25, 0.3) is 0 Å². The number of nitrogens with one attached hydrogen (secondary N) is 2. The molecule has 3 rings (SSSR count). The molecule has 1 unspecified atom stereocenters. The molecule has 1 saturated heterocycles. The van der Waals surface area contributed by atoms with E-state index in [4.69, 9.17) is 16.3 Å². The van der Waals surface area contributed by atoms with E-state index in [9.17, 15) is 9.59 Å². The minimum absolute atomic E-state index is 0.134. The summed E-state index contributed by atoms with van der Waals surface area (Å²) in [6, 6.07) is 15.0. The zero-order valence-electron chi connectivity index (χ0n) is 18.6. The molecule has 2 aromatic rings. The number of hydrogen-bond donors (Lipinski definition) is 2. The molecule has 1 heterocycles. The Labute approximate surface area is 194 Å². The normalized spacial score (nSPS) is 14.8. The van der Waals surface area contributed by atoms with Crippen molar-refractivity contribution in [2.45, 2.75) is 19.9 Å². The Morgan fingerprint density at radius 1 is 1.06 bits per heavy atom. The number of hydrogen-bond acceptors (Lipinski definition) is 5. The van der Waals surface area contributed by atoms with Crippen LogP contribution in [0.4, 0.5) is 11.4 Å². The van der Waals surface area contributed by atoms with Crippen LogP contribution in [0.15, 0.2) is 48.5 Å². The first-order valence-corrected chi connectivity index (χ1v) is 11.3. The summed E-state index contributed by atoms with van der Waals surface area (Å²) in [5.74, 6) is -0.306. The van der Waals surface area contributed by atoms with Crippen LogP contribution in [0, 0.1) is 0 Å². The van der Waals surface area contributed by atoms with Gasteiger partial charge in [0.15, 0.2) is 0 Å². The maximum Gasteiger partial charge on any atom is 0.238 e. The Morgan fingerprint density at radius 2 is 1.72 bits per heavy atom. The molecule has 0 spiro atoms. The first-order valence-electron chi connectivity index (χ1n) is 10.9. The molecule has 8 heteroatoms. The van der Waals surface area contributed by atoms with Crippen molar-refractivity contribution in [1.82, 2.24) is 10.2 Å². The number of carbonyl (C=O) groups excluding carboxylic acids is 2. The van der Waals surface area contributed by atoms with E-state index in [2.05, 4.69) is 15.5 Å². The molecule has 2 aromatic carbocycles. The van der Waals surface area contributed by atoms with Gasteiger partial charge in [-0.1, -0.05) is 36.7 Å². The lowest BCUT2D eigenvalue weighted by Crippen LogP contribution is -2.41. The lowest BCUT2D eigenvalue weighted by atomic mass is 10.1. The van der Waals surface area contributed by atoms with Gasteiger partial charge in [-0.05, 0) is 49.4 Å². The van der Waals surface area contributed by atoms with Crippen LogP contribution in [0.3, 0.4) is 0 Å². The van der Waals surface area contributed by atoms with Crippen LogP contribution >= 0.6 is 11.6 Å². The molecule has 2 amide bonds. The molecule has 1 aliphatic heterocycles. The van der Waals surface area contributed by atoms with Gasteiger partial charge in [0.2, 0.25) is 11.8 Å². The van der Waals surface area contributed by atoms with Crippen LogP contribution < -0.4 is 15.5 Å². The molecule has 0 bridgehead atoms. The maximum atomic E-state index is 12.5. The van der Waals surface area contributed by atoms with Crippen LogP contribution in [0.5, 0.6) is 0 Å². The van der Waals surface area contributed by atoms with Gasteiger partial charge in [0.25, 0.3) is 0 Å². The fourth-order valence-corrected chi connectivity index (χ4v) is 3.95. The Kier molecular flexibility index (Phi) is 8.90. The third-order valence-corrected chi connectivity index (χ3v) is 5.80. The first-order chi connectivity index (χ1) is 15.5. The number of ether oxygens (including phenoxy) is 1. The molecule has 1 atom stereocenters. The van der Waals surface area contributed by atoms with E-state index >= 15 is 0 Å². The van der Waals surface area contributed by atoms with Gasteiger partial charge < -0.3 is 20.3 Å². The fourth-order valence-electron chi connectivity index (χ4n) is 3.65. The van der Waals surface area contributed by atoms with Crippen molar-refractivity contribution < 1.29 is 14.3 Å². The molecular weight excluding hydrogens is 428 g/mol. The summed E-state index contributed by atoms with van der Waals surface area (Å²) in [6.07, 6.45) is 0. The number of anilines is 2. The quantitative estimate of drug-likeness (QED) is 0.603. The minimum atomic E-state index is -0.214. The largest absolute Gasteiger partial charge is 0.378 e. The zero-order valence-corrected chi connectivity index (χ0v) is 19.4. The number of benzene rings is 2. The van der Waals surface area contributed by atoms with E-state index in [1.807, 2.05) is 56.3 Å². The second-order valence-corrected chi connectivity index (χ2v) is 8.22. The first kappa shape index (κ1) is 24.0. The van der Waals surface area contributed by atoms with Crippen LogP contribution in [-0.2, 0) is 14.3 Å². The lowest BCUT2D eigenvalue weighted by Gasteiger charge is -2.29. The highest BCUT2D eigenvalue weighted by molar-refractivity contribution is 6.31. The molecule has 2 N–H and O–H groups in total. The van der Waals surface area contributed by atoms with Gasteiger partial charge in [0.05, 0.1) is 32.3 Å². The van der Waals surface area contributed by atoms with Crippen LogP contribution in [-0.4, -0.2) is 62.7 Å². The van der Waals surface area contributed by atoms with E-state index in [0.717, 1.165) is 43.2 Å². The number of amides is 2. The summed E-state index contributed by atoms with van der Waals surface area (Å²) in [7, 11) is 0. The molecule has 172 valence electrons. The van der Waals surface area contributed by atoms with Gasteiger partial charge in [0, 0.05) is 29.5 Å². The molecule has 0 radical (unpaired) electrons. The number of morpholine rings is 1. The van der Waals surface area contributed by atoms with E-state index in [0.29, 0.717) is 11.6 Å². The standard InChI is InChI=1S/C24H31ClN4O3/c1-3-28(16-23(30)26-18(2)21-6-4-5-7-22(21)25)17-24(31)27-19-8-10-20(11-9-19)29-12-14-32-15-13-29/h4-11,18H,3,12-17H2,1-2H3,(H,26,30)(H,27,31). The summed E-state index contributed by atoms with van der Waals surface area (Å²) in [6.45, 7) is 7.87. The number of carbonyl (C=O) groups is 2. The van der Waals surface area contributed by atoms with E-state index in [-0.39, 0.29) is 30.9 Å². The average Bonchev–Trinajstić information content (AvgIpc) is 2.79. The van der Waals surface area contributed by atoms with E-state index in [1.54, 1.807) is 11.0 Å². The third kappa shape index (κ3) is 6.95. The Balaban J connectivity index is 1.47. The van der Waals surface area contributed by atoms with Crippen molar-refractivity contribution in [3.05, 3.63) is 59.1 Å². The molecule has 0 aromatic heterocycles. The second kappa shape index (κ2) is 11.9. The number of halogens is 1.